The van der Waals surface area contributed by atoms with E-state index in [-0.39, 0.29) is 11.8 Å². The number of nitrogens with zero attached hydrogens (tertiary/aromatic N) is 3. The van der Waals surface area contributed by atoms with E-state index in [4.69, 9.17) is 11.6 Å². The molecule has 1 aliphatic heterocycles. The van der Waals surface area contributed by atoms with Crippen LogP contribution in [0.2, 0.25) is 5.02 Å². The van der Waals surface area contributed by atoms with Gasteiger partial charge in [0, 0.05) is 42.8 Å². The van der Waals surface area contributed by atoms with Crippen LogP contribution in [0.3, 0.4) is 0 Å². The van der Waals surface area contributed by atoms with Gasteiger partial charge in [0.1, 0.15) is 5.82 Å². The van der Waals surface area contributed by atoms with Crippen LogP contribution in [0.4, 0.5) is 11.5 Å². The van der Waals surface area contributed by atoms with Crippen molar-refractivity contribution in [2.75, 3.05) is 36.4 Å². The second kappa shape index (κ2) is 10.8. The first-order valence-electron chi connectivity index (χ1n) is 10.9. The van der Waals surface area contributed by atoms with Gasteiger partial charge >= 0.3 is 0 Å². The zero-order valence-corrected chi connectivity index (χ0v) is 18.9. The fourth-order valence-electron chi connectivity index (χ4n) is 3.69. The van der Waals surface area contributed by atoms with Crippen LogP contribution in [0.5, 0.6) is 0 Å². The number of anilines is 2. The predicted molar refractivity (Wildman–Crippen MR) is 133 cm³/mol. The molecule has 0 aliphatic carbocycles. The van der Waals surface area contributed by atoms with Crippen molar-refractivity contribution >= 4 is 41.0 Å². The molecule has 0 unspecified atom stereocenters. The van der Waals surface area contributed by atoms with Crippen molar-refractivity contribution in [1.29, 1.82) is 0 Å². The quantitative estimate of drug-likeness (QED) is 0.558. The second-order valence-electron chi connectivity index (χ2n) is 7.78. The molecule has 0 spiro atoms. The molecule has 1 fully saturated rings. The molecule has 33 heavy (non-hydrogen) atoms. The lowest BCUT2D eigenvalue weighted by Crippen LogP contribution is -2.35. The molecule has 2 aromatic carbocycles. The van der Waals surface area contributed by atoms with Crippen molar-refractivity contribution in [1.82, 2.24) is 9.88 Å². The van der Waals surface area contributed by atoms with Gasteiger partial charge in [-0.1, -0.05) is 41.9 Å². The molecule has 6 nitrogen and oxygen atoms in total. The minimum absolute atomic E-state index is 0.0168. The number of nitrogens with one attached hydrogen (secondary N) is 1. The van der Waals surface area contributed by atoms with Crippen molar-refractivity contribution < 1.29 is 9.59 Å². The lowest BCUT2D eigenvalue weighted by molar-refractivity contribution is -0.111. The Morgan fingerprint density at radius 2 is 1.70 bits per heavy atom. The summed E-state index contributed by atoms with van der Waals surface area (Å²) in [6, 6.07) is 20.4. The molecular weight excluding hydrogens is 436 g/mol. The maximum absolute atomic E-state index is 12.8. The molecule has 168 valence electrons. The van der Waals surface area contributed by atoms with Crippen molar-refractivity contribution in [3.63, 3.8) is 0 Å². The second-order valence-corrected chi connectivity index (χ2v) is 8.21. The van der Waals surface area contributed by atoms with Crippen LogP contribution in [0.25, 0.3) is 6.08 Å². The average molecular weight is 461 g/mol. The number of rotatable bonds is 5. The van der Waals surface area contributed by atoms with Crippen molar-refractivity contribution in [3.8, 4) is 0 Å². The molecule has 1 aromatic heterocycles. The number of halogens is 1. The standard InChI is InChI=1S/C26H25ClN4O2/c27-22-10-8-21(9-11-22)26(33)31-16-4-15-30(17-18-31)24-13-12-23(19-28-24)29-25(32)14-7-20-5-2-1-3-6-20/h1-3,5-14,19H,4,15-18H2,(H,29,32)/b14-7+. The number of aromatic nitrogens is 1. The SMILES string of the molecule is O=C(/C=C/c1ccccc1)Nc1ccc(N2CCCN(C(=O)c3ccc(Cl)cc3)CC2)nc1. The molecule has 1 saturated heterocycles. The summed E-state index contributed by atoms with van der Waals surface area (Å²) in [4.78, 5) is 33.5. The predicted octanol–water partition coefficient (Wildman–Crippen LogP) is 4.74. The van der Waals surface area contributed by atoms with Gasteiger partial charge in [0.25, 0.3) is 5.91 Å². The van der Waals surface area contributed by atoms with Gasteiger partial charge in [0.2, 0.25) is 5.91 Å². The fraction of sp³-hybridized carbons (Fsp3) is 0.192. The topological polar surface area (TPSA) is 65.5 Å². The molecule has 0 atom stereocenters. The highest BCUT2D eigenvalue weighted by molar-refractivity contribution is 6.30. The Labute approximate surface area is 198 Å². The molecule has 0 saturated carbocycles. The lowest BCUT2D eigenvalue weighted by atomic mass is 10.2. The summed E-state index contributed by atoms with van der Waals surface area (Å²) in [5.74, 6) is 0.635. The summed E-state index contributed by atoms with van der Waals surface area (Å²) in [7, 11) is 0. The number of benzene rings is 2. The van der Waals surface area contributed by atoms with E-state index in [2.05, 4.69) is 15.2 Å². The van der Waals surface area contributed by atoms with Crippen LogP contribution in [-0.4, -0.2) is 47.9 Å². The van der Waals surface area contributed by atoms with Crippen LogP contribution in [0.1, 0.15) is 22.3 Å². The first-order valence-corrected chi connectivity index (χ1v) is 11.3. The van der Waals surface area contributed by atoms with E-state index in [0.717, 1.165) is 24.3 Å². The van der Waals surface area contributed by atoms with Crippen LogP contribution in [0.15, 0.2) is 79.0 Å². The van der Waals surface area contributed by atoms with Crippen LogP contribution in [0, 0.1) is 0 Å². The molecule has 1 N–H and O–H groups in total. The van der Waals surface area contributed by atoms with Crippen molar-refractivity contribution in [3.05, 3.63) is 95.2 Å². The molecule has 7 heteroatoms. The van der Waals surface area contributed by atoms with Gasteiger partial charge in [-0.05, 0) is 54.5 Å². The van der Waals surface area contributed by atoms with Crippen LogP contribution >= 0.6 is 11.6 Å². The summed E-state index contributed by atoms with van der Waals surface area (Å²) >= 11 is 5.93. The van der Waals surface area contributed by atoms with E-state index in [1.54, 1.807) is 36.5 Å². The Hall–Kier alpha value is -3.64. The molecular formula is C26H25ClN4O2. The number of hydrogen-bond donors (Lipinski definition) is 1. The van der Waals surface area contributed by atoms with E-state index in [1.165, 1.54) is 6.08 Å². The normalized spacial score (nSPS) is 14.2. The van der Waals surface area contributed by atoms with Gasteiger partial charge in [-0.3, -0.25) is 9.59 Å². The molecule has 2 amide bonds. The third-order valence-corrected chi connectivity index (χ3v) is 5.69. The smallest absolute Gasteiger partial charge is 0.253 e. The van der Waals surface area contributed by atoms with Crippen LogP contribution in [-0.2, 0) is 4.79 Å². The van der Waals surface area contributed by atoms with Gasteiger partial charge in [-0.25, -0.2) is 4.98 Å². The highest BCUT2D eigenvalue weighted by atomic mass is 35.5. The maximum Gasteiger partial charge on any atom is 0.253 e. The first kappa shape index (κ1) is 22.6. The monoisotopic (exact) mass is 460 g/mol. The van der Waals surface area contributed by atoms with Gasteiger partial charge in [-0.15, -0.1) is 0 Å². The number of carbonyl (C=O) groups is 2. The van der Waals surface area contributed by atoms with Gasteiger partial charge < -0.3 is 15.1 Å². The third-order valence-electron chi connectivity index (χ3n) is 5.44. The Bertz CT molecular complexity index is 1120. The van der Waals surface area contributed by atoms with E-state index < -0.39 is 0 Å². The van der Waals surface area contributed by atoms with E-state index in [0.29, 0.717) is 35.9 Å². The summed E-state index contributed by atoms with van der Waals surface area (Å²) in [5.41, 5.74) is 2.24. The van der Waals surface area contributed by atoms with Gasteiger partial charge in [0.05, 0.1) is 11.9 Å². The Balaban J connectivity index is 1.32. The van der Waals surface area contributed by atoms with Crippen molar-refractivity contribution in [2.24, 2.45) is 0 Å². The van der Waals surface area contributed by atoms with E-state index >= 15 is 0 Å². The molecule has 3 aromatic rings. The molecule has 2 heterocycles. The van der Waals surface area contributed by atoms with Crippen LogP contribution < -0.4 is 10.2 Å². The van der Waals surface area contributed by atoms with E-state index in [1.807, 2.05) is 47.4 Å². The summed E-state index contributed by atoms with van der Waals surface area (Å²) < 4.78 is 0. The Kier molecular flexibility index (Phi) is 7.37. The highest BCUT2D eigenvalue weighted by Crippen LogP contribution is 2.18. The van der Waals surface area contributed by atoms with Gasteiger partial charge in [-0.2, -0.15) is 0 Å². The zero-order valence-electron chi connectivity index (χ0n) is 18.2. The minimum Gasteiger partial charge on any atom is -0.355 e. The molecule has 0 radical (unpaired) electrons. The third kappa shape index (κ3) is 6.20. The fourth-order valence-corrected chi connectivity index (χ4v) is 3.82. The van der Waals surface area contributed by atoms with Crippen molar-refractivity contribution in [2.45, 2.75) is 6.42 Å². The summed E-state index contributed by atoms with van der Waals surface area (Å²) in [6.45, 7) is 2.81. The van der Waals surface area contributed by atoms with E-state index in [9.17, 15) is 9.59 Å². The average Bonchev–Trinajstić information content (AvgIpc) is 3.10. The number of pyridine rings is 1. The number of hydrogen-bond acceptors (Lipinski definition) is 4. The largest absolute Gasteiger partial charge is 0.355 e. The number of amides is 2. The summed E-state index contributed by atoms with van der Waals surface area (Å²) in [6.07, 6.45) is 5.78. The molecule has 0 bridgehead atoms. The molecule has 1 aliphatic rings. The van der Waals surface area contributed by atoms with Gasteiger partial charge in [0.15, 0.2) is 0 Å². The summed E-state index contributed by atoms with van der Waals surface area (Å²) in [5, 5.41) is 3.45. The number of carbonyl (C=O) groups excluding carboxylic acids is 2. The minimum atomic E-state index is -0.209. The Morgan fingerprint density at radius 1 is 0.909 bits per heavy atom. The zero-order chi connectivity index (χ0) is 23.0. The highest BCUT2D eigenvalue weighted by Gasteiger charge is 2.21. The molecule has 4 rings (SSSR count). The maximum atomic E-state index is 12.8. The first-order chi connectivity index (χ1) is 16.1. The Morgan fingerprint density at radius 3 is 2.42 bits per heavy atom. The lowest BCUT2D eigenvalue weighted by Gasteiger charge is -2.23.